The summed E-state index contributed by atoms with van der Waals surface area (Å²) in [5, 5.41) is 2.23. The summed E-state index contributed by atoms with van der Waals surface area (Å²) in [7, 11) is 1.40. The Morgan fingerprint density at radius 1 is 1.00 bits per heavy atom. The molecule has 0 atom stereocenters. The molecule has 1 amide bonds. The fourth-order valence-electron chi connectivity index (χ4n) is 2.89. The number of amides is 1. The molecule has 0 radical (unpaired) electrons. The van der Waals surface area contributed by atoms with Gasteiger partial charge in [-0.05, 0) is 18.2 Å². The van der Waals surface area contributed by atoms with Gasteiger partial charge in [0.05, 0.1) is 30.9 Å². The number of benzene rings is 1. The number of anilines is 1. The van der Waals surface area contributed by atoms with Crippen molar-refractivity contribution in [1.82, 2.24) is 13.7 Å². The number of allylic oxidation sites excluding steroid dienone is 2. The van der Waals surface area contributed by atoms with Crippen LogP contribution in [0.25, 0.3) is 0 Å². The molecule has 1 heterocycles. The van der Waals surface area contributed by atoms with Crippen LogP contribution in [0.1, 0.15) is 5.56 Å². The van der Waals surface area contributed by atoms with Crippen LogP contribution < -0.4 is 27.1 Å². The maximum Gasteiger partial charge on any atom is 0.416 e. The number of hydrogen-bond acceptors (Lipinski definition) is 6. The second kappa shape index (κ2) is 11.3. The first-order valence-corrected chi connectivity index (χ1v) is 9.84. The second-order valence-electron chi connectivity index (χ2n) is 6.83. The molecule has 1 aromatic carbocycles. The summed E-state index contributed by atoms with van der Waals surface area (Å²) in [6.45, 7) is 5.67. The third kappa shape index (κ3) is 6.13. The van der Waals surface area contributed by atoms with Crippen molar-refractivity contribution in [1.29, 1.82) is 0 Å². The molecule has 0 spiro atoms. The van der Waals surface area contributed by atoms with E-state index in [1.165, 1.54) is 19.3 Å². The number of rotatable bonds is 11. The second-order valence-corrected chi connectivity index (χ2v) is 6.83. The van der Waals surface area contributed by atoms with Gasteiger partial charge in [0.25, 0.3) is 0 Å². The van der Waals surface area contributed by atoms with Crippen LogP contribution >= 0.6 is 0 Å². The van der Waals surface area contributed by atoms with Gasteiger partial charge >= 0.3 is 23.2 Å². The highest BCUT2D eigenvalue weighted by Gasteiger charge is 2.31. The van der Waals surface area contributed by atoms with Crippen LogP contribution in [0.3, 0.4) is 0 Å². The Morgan fingerprint density at radius 3 is 2.06 bits per heavy atom. The Bertz CT molecular complexity index is 1190. The van der Waals surface area contributed by atoms with Gasteiger partial charge in [-0.3, -0.25) is 4.79 Å². The van der Waals surface area contributed by atoms with E-state index in [0.717, 1.165) is 12.1 Å². The highest BCUT2D eigenvalue weighted by atomic mass is 19.4. The van der Waals surface area contributed by atoms with Gasteiger partial charge in [0, 0.05) is 7.11 Å². The highest BCUT2D eigenvalue weighted by molar-refractivity contribution is 5.92. The van der Waals surface area contributed by atoms with E-state index >= 15 is 0 Å². The standard InChI is InChI=1S/C21H23F3N4O6/c1-4-8-26-18(30)27(9-5-2)20(32)28(19(26)31)13-17(29)25-15-12-14(21(22,23)24)6-7-16(15)34-11-10-33-3/h4-7,12H,1-2,8-11,13H2,3H3,(H,25,29). The Balaban J connectivity index is 2.46. The van der Waals surface area contributed by atoms with Gasteiger partial charge in [-0.25, -0.2) is 28.1 Å². The first-order chi connectivity index (χ1) is 16.0. The van der Waals surface area contributed by atoms with Crippen molar-refractivity contribution in [3.05, 3.63) is 80.5 Å². The molecule has 0 fully saturated rings. The van der Waals surface area contributed by atoms with E-state index < -0.39 is 41.3 Å². The van der Waals surface area contributed by atoms with E-state index in [-0.39, 0.29) is 37.7 Å². The van der Waals surface area contributed by atoms with E-state index in [9.17, 15) is 32.3 Å². The zero-order valence-corrected chi connectivity index (χ0v) is 18.3. The minimum absolute atomic E-state index is 0.0109. The highest BCUT2D eigenvalue weighted by Crippen LogP contribution is 2.35. The Kier molecular flexibility index (Phi) is 8.78. The summed E-state index contributed by atoms with van der Waals surface area (Å²) in [4.78, 5) is 50.3. The molecule has 2 rings (SSSR count). The van der Waals surface area contributed by atoms with Crippen LogP contribution in [-0.2, 0) is 35.3 Å². The Labute approximate surface area is 191 Å². The molecule has 0 aliphatic rings. The molecule has 13 heteroatoms. The van der Waals surface area contributed by atoms with Gasteiger partial charge in [0.2, 0.25) is 5.91 Å². The first-order valence-electron chi connectivity index (χ1n) is 9.84. The van der Waals surface area contributed by atoms with Gasteiger partial charge in [0.15, 0.2) is 0 Å². The molecule has 0 saturated heterocycles. The molecule has 0 aliphatic heterocycles. The van der Waals surface area contributed by atoms with Crippen LogP contribution in [0.5, 0.6) is 5.75 Å². The van der Waals surface area contributed by atoms with E-state index in [2.05, 4.69) is 18.5 Å². The number of nitrogens with zero attached hydrogens (tertiary/aromatic N) is 3. The van der Waals surface area contributed by atoms with E-state index in [1.54, 1.807) is 0 Å². The minimum atomic E-state index is -4.69. The van der Waals surface area contributed by atoms with Gasteiger partial charge in [0.1, 0.15) is 18.9 Å². The van der Waals surface area contributed by atoms with Gasteiger partial charge in [-0.2, -0.15) is 13.2 Å². The number of carbonyl (C=O) groups is 1. The van der Waals surface area contributed by atoms with Gasteiger partial charge < -0.3 is 14.8 Å². The largest absolute Gasteiger partial charge is 0.489 e. The summed E-state index contributed by atoms with van der Waals surface area (Å²) < 4.78 is 51.5. The maximum absolute atomic E-state index is 13.2. The van der Waals surface area contributed by atoms with Crippen molar-refractivity contribution >= 4 is 11.6 Å². The third-order valence-corrected chi connectivity index (χ3v) is 4.44. The molecular weight excluding hydrogens is 461 g/mol. The number of halogens is 3. The normalized spacial score (nSPS) is 11.2. The molecule has 0 saturated carbocycles. The zero-order valence-electron chi connectivity index (χ0n) is 18.3. The van der Waals surface area contributed by atoms with Crippen molar-refractivity contribution in [3.8, 4) is 5.75 Å². The Hall–Kier alpha value is -3.87. The van der Waals surface area contributed by atoms with Crippen molar-refractivity contribution in [2.24, 2.45) is 0 Å². The number of hydrogen-bond donors (Lipinski definition) is 1. The molecule has 1 aromatic heterocycles. The SMILES string of the molecule is C=CCn1c(=O)n(CC=C)c(=O)n(CC(=O)Nc2cc(C(F)(F)F)ccc2OCCOC)c1=O. The smallest absolute Gasteiger partial charge is 0.416 e. The quantitative estimate of drug-likeness (QED) is 0.379. The van der Waals surface area contributed by atoms with Crippen LogP contribution in [0, 0.1) is 0 Å². The van der Waals surface area contributed by atoms with Crippen LogP contribution in [0.2, 0.25) is 0 Å². The zero-order chi connectivity index (χ0) is 25.5. The van der Waals surface area contributed by atoms with Crippen LogP contribution in [0.15, 0.2) is 57.9 Å². The van der Waals surface area contributed by atoms with Crippen molar-refractivity contribution < 1.29 is 27.4 Å². The maximum atomic E-state index is 13.2. The molecule has 0 aliphatic carbocycles. The Morgan fingerprint density at radius 2 is 1.56 bits per heavy atom. The predicted molar refractivity (Wildman–Crippen MR) is 117 cm³/mol. The molecule has 0 unspecified atom stereocenters. The number of carbonyl (C=O) groups excluding carboxylic acids is 1. The van der Waals surface area contributed by atoms with Gasteiger partial charge in [-0.1, -0.05) is 12.2 Å². The van der Waals surface area contributed by atoms with Crippen molar-refractivity contribution in [2.45, 2.75) is 25.8 Å². The number of methoxy groups -OCH3 is 1. The molecule has 34 heavy (non-hydrogen) atoms. The summed E-state index contributed by atoms with van der Waals surface area (Å²) in [5.41, 5.74) is -4.45. The molecule has 10 nitrogen and oxygen atoms in total. The van der Waals surface area contributed by atoms with Crippen molar-refractivity contribution in [3.63, 3.8) is 0 Å². The first kappa shape index (κ1) is 26.4. The lowest BCUT2D eigenvalue weighted by molar-refractivity contribution is -0.137. The van der Waals surface area contributed by atoms with E-state index in [4.69, 9.17) is 9.47 Å². The number of ether oxygens (including phenoxy) is 2. The number of alkyl halides is 3. The number of nitrogens with one attached hydrogen (secondary N) is 1. The fourth-order valence-corrected chi connectivity index (χ4v) is 2.89. The molecular formula is C21H23F3N4O6. The summed E-state index contributed by atoms with van der Waals surface area (Å²) in [5.74, 6) is -1.07. The average Bonchev–Trinajstić information content (AvgIpc) is 2.77. The molecule has 184 valence electrons. The number of aromatic nitrogens is 3. The summed E-state index contributed by atoms with van der Waals surface area (Å²) in [6.07, 6.45) is -2.19. The third-order valence-electron chi connectivity index (χ3n) is 4.44. The summed E-state index contributed by atoms with van der Waals surface area (Å²) in [6, 6.07) is 2.47. The topological polar surface area (TPSA) is 114 Å². The monoisotopic (exact) mass is 484 g/mol. The lowest BCUT2D eigenvalue weighted by Crippen LogP contribution is -2.55. The molecule has 0 bridgehead atoms. The minimum Gasteiger partial charge on any atom is -0.489 e. The molecule has 1 N–H and O–H groups in total. The van der Waals surface area contributed by atoms with E-state index in [0.29, 0.717) is 19.8 Å². The lowest BCUT2D eigenvalue weighted by atomic mass is 10.1. The molecule has 2 aromatic rings. The van der Waals surface area contributed by atoms with Crippen LogP contribution in [-0.4, -0.2) is 39.9 Å². The van der Waals surface area contributed by atoms with Gasteiger partial charge in [-0.15, -0.1) is 13.2 Å². The van der Waals surface area contributed by atoms with Crippen LogP contribution in [0.4, 0.5) is 18.9 Å². The lowest BCUT2D eigenvalue weighted by Gasteiger charge is -2.16. The summed E-state index contributed by atoms with van der Waals surface area (Å²) >= 11 is 0. The van der Waals surface area contributed by atoms with Crippen molar-refractivity contribution in [2.75, 3.05) is 25.6 Å². The fraction of sp³-hybridized carbons (Fsp3) is 0.333. The predicted octanol–water partition coefficient (Wildman–Crippen LogP) is 1.23. The van der Waals surface area contributed by atoms with E-state index in [1.807, 2.05) is 0 Å². The average molecular weight is 484 g/mol.